The lowest BCUT2D eigenvalue weighted by Gasteiger charge is -2.29. The Morgan fingerprint density at radius 3 is 2.56 bits per heavy atom. The van der Waals surface area contributed by atoms with Crippen LogP contribution in [-0.2, 0) is 0 Å². The Morgan fingerprint density at radius 2 is 1.94 bits per heavy atom. The van der Waals surface area contributed by atoms with Crippen LogP contribution in [0.4, 0.5) is 0 Å². The molecule has 1 aliphatic heterocycles. The van der Waals surface area contributed by atoms with Crippen LogP contribution in [0.5, 0.6) is 0 Å². The van der Waals surface area contributed by atoms with E-state index in [1.54, 1.807) is 0 Å². The van der Waals surface area contributed by atoms with Crippen LogP contribution in [0.15, 0.2) is 0 Å². The van der Waals surface area contributed by atoms with E-state index in [1.165, 1.54) is 38.5 Å². The highest BCUT2D eigenvalue weighted by molar-refractivity contribution is 5.00. The summed E-state index contributed by atoms with van der Waals surface area (Å²) < 4.78 is 0. The minimum Gasteiger partial charge on any atom is -0.390 e. The molecule has 2 unspecified atom stereocenters. The monoisotopic (exact) mass is 225 g/mol. The molecular formula is C13H25N2O. The molecule has 2 atom stereocenters. The average Bonchev–Trinajstić information content (AvgIpc) is 2.83. The van der Waals surface area contributed by atoms with Gasteiger partial charge in [0.2, 0.25) is 0 Å². The van der Waals surface area contributed by atoms with Gasteiger partial charge >= 0.3 is 0 Å². The van der Waals surface area contributed by atoms with Crippen molar-refractivity contribution in [1.82, 2.24) is 5.32 Å². The van der Waals surface area contributed by atoms with Gasteiger partial charge in [-0.25, -0.2) is 0 Å². The lowest BCUT2D eigenvalue weighted by Crippen LogP contribution is -2.42. The predicted molar refractivity (Wildman–Crippen MR) is 65.7 cm³/mol. The van der Waals surface area contributed by atoms with E-state index in [4.69, 9.17) is 5.73 Å². The standard InChI is InChI=1S/C13H25N2O/c14-11(9-10-5-2-1-3-6-10)13(16)12-7-4-8-15-12/h10,12-13,15-16H,1-9,14H2. The van der Waals surface area contributed by atoms with Gasteiger partial charge in [0.15, 0.2) is 0 Å². The van der Waals surface area contributed by atoms with Crippen LogP contribution in [0.25, 0.3) is 0 Å². The molecule has 0 aromatic rings. The van der Waals surface area contributed by atoms with Gasteiger partial charge in [-0.05, 0) is 31.7 Å². The summed E-state index contributed by atoms with van der Waals surface area (Å²) in [5.74, 6) is 0.727. The first-order chi connectivity index (χ1) is 7.77. The van der Waals surface area contributed by atoms with Gasteiger partial charge in [0.25, 0.3) is 0 Å². The third-order valence-electron chi connectivity index (χ3n) is 4.11. The maximum atomic E-state index is 10.1. The lowest BCUT2D eigenvalue weighted by molar-refractivity contribution is 0.133. The molecule has 0 amide bonds. The largest absolute Gasteiger partial charge is 0.390 e. The molecule has 0 bridgehead atoms. The van der Waals surface area contributed by atoms with Gasteiger partial charge in [-0.3, -0.25) is 0 Å². The van der Waals surface area contributed by atoms with Crippen LogP contribution >= 0.6 is 0 Å². The van der Waals surface area contributed by atoms with Crippen molar-refractivity contribution in [3.63, 3.8) is 0 Å². The van der Waals surface area contributed by atoms with Crippen molar-refractivity contribution in [2.45, 2.75) is 63.5 Å². The Morgan fingerprint density at radius 1 is 1.19 bits per heavy atom. The number of hydrogen-bond acceptors (Lipinski definition) is 3. The second kappa shape index (κ2) is 5.99. The molecule has 2 aliphatic rings. The summed E-state index contributed by atoms with van der Waals surface area (Å²) in [5, 5.41) is 13.4. The summed E-state index contributed by atoms with van der Waals surface area (Å²) in [6.07, 6.45) is 9.39. The highest BCUT2D eigenvalue weighted by Gasteiger charge is 2.30. The molecule has 1 heterocycles. The van der Waals surface area contributed by atoms with Gasteiger partial charge < -0.3 is 16.2 Å². The predicted octanol–water partition coefficient (Wildman–Crippen LogP) is 1.56. The molecule has 1 saturated carbocycles. The van der Waals surface area contributed by atoms with Crippen molar-refractivity contribution in [1.29, 1.82) is 0 Å². The van der Waals surface area contributed by atoms with Gasteiger partial charge in [0.1, 0.15) is 0 Å². The van der Waals surface area contributed by atoms with Crippen LogP contribution in [0.2, 0.25) is 0 Å². The molecule has 3 heteroatoms. The van der Waals surface area contributed by atoms with Crippen molar-refractivity contribution in [3.05, 3.63) is 6.04 Å². The molecule has 93 valence electrons. The zero-order valence-corrected chi connectivity index (χ0v) is 10.1. The zero-order valence-electron chi connectivity index (χ0n) is 10.1. The van der Waals surface area contributed by atoms with Crippen molar-refractivity contribution in [3.8, 4) is 0 Å². The van der Waals surface area contributed by atoms with Gasteiger partial charge in [-0.1, -0.05) is 32.1 Å². The van der Waals surface area contributed by atoms with E-state index in [0.29, 0.717) is 0 Å². The van der Waals surface area contributed by atoms with Gasteiger partial charge in [-0.15, -0.1) is 0 Å². The first-order valence-electron chi connectivity index (χ1n) is 6.80. The normalized spacial score (nSPS) is 29.8. The smallest absolute Gasteiger partial charge is 0.0891 e. The second-order valence-electron chi connectivity index (χ2n) is 5.43. The average molecular weight is 225 g/mol. The van der Waals surface area contributed by atoms with Crippen LogP contribution < -0.4 is 11.1 Å². The molecule has 2 rings (SSSR count). The Balaban J connectivity index is 1.74. The minimum atomic E-state index is -0.426. The van der Waals surface area contributed by atoms with E-state index in [9.17, 15) is 5.11 Å². The molecule has 1 aliphatic carbocycles. The number of hydrogen-bond donors (Lipinski definition) is 3. The number of aliphatic hydroxyl groups is 1. The summed E-state index contributed by atoms with van der Waals surface area (Å²) in [5.41, 5.74) is 6.05. The minimum absolute atomic E-state index is 0.212. The summed E-state index contributed by atoms with van der Waals surface area (Å²) in [6.45, 7) is 1.03. The second-order valence-corrected chi connectivity index (χ2v) is 5.43. The van der Waals surface area contributed by atoms with E-state index < -0.39 is 6.10 Å². The summed E-state index contributed by atoms with van der Waals surface area (Å²) in [4.78, 5) is 0. The van der Waals surface area contributed by atoms with Gasteiger partial charge in [0.05, 0.1) is 12.1 Å². The molecule has 16 heavy (non-hydrogen) atoms. The van der Waals surface area contributed by atoms with Crippen molar-refractivity contribution < 1.29 is 5.11 Å². The topological polar surface area (TPSA) is 58.3 Å². The summed E-state index contributed by atoms with van der Waals surface area (Å²) in [6, 6.07) is 1.02. The Hall–Kier alpha value is -0.120. The molecule has 0 aromatic heterocycles. The van der Waals surface area contributed by atoms with E-state index in [0.717, 1.165) is 31.3 Å². The molecule has 1 radical (unpaired) electrons. The van der Waals surface area contributed by atoms with Gasteiger partial charge in [-0.2, -0.15) is 0 Å². The Bertz CT molecular complexity index is 198. The van der Waals surface area contributed by atoms with E-state index in [2.05, 4.69) is 5.32 Å². The quantitative estimate of drug-likeness (QED) is 0.680. The Kier molecular flexibility index (Phi) is 4.62. The van der Waals surface area contributed by atoms with Crippen molar-refractivity contribution in [2.24, 2.45) is 11.7 Å². The summed E-state index contributed by atoms with van der Waals surface area (Å²) >= 11 is 0. The molecule has 0 aromatic carbocycles. The summed E-state index contributed by atoms with van der Waals surface area (Å²) in [7, 11) is 0. The van der Waals surface area contributed by atoms with Crippen LogP contribution in [0.1, 0.15) is 51.4 Å². The third-order valence-corrected chi connectivity index (χ3v) is 4.11. The first-order valence-corrected chi connectivity index (χ1v) is 6.80. The SMILES string of the molecule is N[C](CC1CCCCC1)C(O)C1CCCN1. The third kappa shape index (κ3) is 3.19. The fourth-order valence-electron chi connectivity index (χ4n) is 3.08. The number of aliphatic hydroxyl groups excluding tert-OH is 1. The maximum Gasteiger partial charge on any atom is 0.0891 e. The van der Waals surface area contributed by atoms with Crippen molar-refractivity contribution >= 4 is 0 Å². The van der Waals surface area contributed by atoms with Crippen LogP contribution in [-0.4, -0.2) is 23.8 Å². The highest BCUT2D eigenvalue weighted by atomic mass is 16.3. The van der Waals surface area contributed by atoms with Crippen LogP contribution in [0, 0.1) is 12.0 Å². The number of nitrogens with two attached hydrogens (primary N) is 1. The van der Waals surface area contributed by atoms with Crippen molar-refractivity contribution in [2.75, 3.05) is 6.54 Å². The molecule has 0 spiro atoms. The van der Waals surface area contributed by atoms with Gasteiger partial charge in [0, 0.05) is 6.04 Å². The molecule has 1 saturated heterocycles. The molecule has 4 N–H and O–H groups in total. The lowest BCUT2D eigenvalue weighted by atomic mass is 9.83. The molecule has 2 fully saturated rings. The number of nitrogens with one attached hydrogen (secondary N) is 1. The Labute approximate surface area is 98.8 Å². The molecular weight excluding hydrogens is 200 g/mol. The zero-order chi connectivity index (χ0) is 11.4. The fourth-order valence-corrected chi connectivity index (χ4v) is 3.08. The maximum absolute atomic E-state index is 10.1. The molecule has 3 nitrogen and oxygen atoms in total. The van der Waals surface area contributed by atoms with E-state index in [-0.39, 0.29) is 6.04 Å². The first kappa shape index (κ1) is 12.3. The van der Waals surface area contributed by atoms with E-state index >= 15 is 0 Å². The number of rotatable bonds is 4. The van der Waals surface area contributed by atoms with Crippen LogP contribution in [0.3, 0.4) is 0 Å². The highest BCUT2D eigenvalue weighted by Crippen LogP contribution is 2.30. The van der Waals surface area contributed by atoms with E-state index in [1.807, 2.05) is 0 Å². The fraction of sp³-hybridized carbons (Fsp3) is 0.923.